The van der Waals surface area contributed by atoms with Crippen molar-refractivity contribution < 1.29 is 4.43 Å². The molecule has 0 aromatic heterocycles. The number of halogens is 2. The van der Waals surface area contributed by atoms with Crippen molar-refractivity contribution in [1.82, 2.24) is 0 Å². The molecule has 2 aromatic carbocycles. The van der Waals surface area contributed by atoms with Gasteiger partial charge in [0.15, 0.2) is 8.32 Å². The predicted molar refractivity (Wildman–Crippen MR) is 140 cm³/mol. The lowest BCUT2D eigenvalue weighted by atomic mass is 10.1. The van der Waals surface area contributed by atoms with Gasteiger partial charge >= 0.3 is 0 Å². The van der Waals surface area contributed by atoms with Gasteiger partial charge in [-0.15, -0.1) is 0 Å². The van der Waals surface area contributed by atoms with E-state index in [1.54, 1.807) is 0 Å². The van der Waals surface area contributed by atoms with Crippen molar-refractivity contribution in [3.05, 3.63) is 56.6 Å². The van der Waals surface area contributed by atoms with Crippen LogP contribution in [0.3, 0.4) is 0 Å². The molecule has 0 bridgehead atoms. The van der Waals surface area contributed by atoms with Crippen LogP contribution in [0.2, 0.25) is 29.7 Å². The van der Waals surface area contributed by atoms with E-state index in [1.165, 1.54) is 0 Å². The van der Waals surface area contributed by atoms with Crippen LogP contribution in [0.4, 0.5) is 11.4 Å². The molecule has 0 aliphatic rings. The normalized spacial score (nSPS) is 13.1. The molecule has 0 fully saturated rings. The molecule has 2 aromatic rings. The maximum atomic E-state index is 6.23. The summed E-state index contributed by atoms with van der Waals surface area (Å²) in [5.41, 5.74) is 8.05. The number of aliphatic imine (C=N–C) groups is 2. The van der Waals surface area contributed by atoms with Crippen molar-refractivity contribution >= 4 is 54.3 Å². The zero-order valence-corrected chi connectivity index (χ0v) is 22.5. The van der Waals surface area contributed by atoms with Crippen LogP contribution in [0.25, 0.3) is 0 Å². The summed E-state index contributed by atoms with van der Waals surface area (Å²) in [7, 11) is -1.53. The number of hydrogen-bond donors (Lipinski definition) is 0. The van der Waals surface area contributed by atoms with E-state index in [4.69, 9.17) is 37.6 Å². The fourth-order valence-corrected chi connectivity index (χ4v) is 4.87. The molecule has 0 spiro atoms. The molecule has 0 unspecified atom stereocenters. The van der Waals surface area contributed by atoms with E-state index in [1.807, 2.05) is 58.9 Å². The average molecular weight is 478 g/mol. The lowest BCUT2D eigenvalue weighted by molar-refractivity contribution is 0.307. The zero-order valence-electron chi connectivity index (χ0n) is 20.0. The lowest BCUT2D eigenvalue weighted by Crippen LogP contribution is -2.26. The molecule has 2 rings (SSSR count). The van der Waals surface area contributed by atoms with E-state index >= 15 is 0 Å². The summed E-state index contributed by atoms with van der Waals surface area (Å²) in [5.74, 6) is 0. The SMILES string of the molecule is CC(=Nc1c(C)cc(Cl)cc1C)C(CCCO[Si](C)(C)C)=Nc1c(C)cc(Cl)cc1C. The summed E-state index contributed by atoms with van der Waals surface area (Å²) < 4.78 is 6.05. The van der Waals surface area contributed by atoms with Crippen LogP contribution >= 0.6 is 23.2 Å². The summed E-state index contributed by atoms with van der Waals surface area (Å²) in [5, 5.41) is 1.47. The van der Waals surface area contributed by atoms with E-state index in [2.05, 4.69) is 19.6 Å². The molecular formula is C25H34Cl2N2OSi. The van der Waals surface area contributed by atoms with Gasteiger partial charge < -0.3 is 4.43 Å². The van der Waals surface area contributed by atoms with Gasteiger partial charge in [-0.25, -0.2) is 0 Å². The first-order chi connectivity index (χ1) is 14.4. The molecule has 0 atom stereocenters. The first-order valence-electron chi connectivity index (χ1n) is 10.7. The van der Waals surface area contributed by atoms with Gasteiger partial charge in [0, 0.05) is 16.7 Å². The number of benzene rings is 2. The fraction of sp³-hybridized carbons (Fsp3) is 0.440. The first kappa shape index (κ1) is 25.8. The fourth-order valence-electron chi connectivity index (χ4n) is 3.46. The molecule has 168 valence electrons. The third-order valence-electron chi connectivity index (χ3n) is 4.95. The van der Waals surface area contributed by atoms with Crippen molar-refractivity contribution in [2.45, 2.75) is 67.1 Å². The van der Waals surface area contributed by atoms with Gasteiger partial charge in [0.25, 0.3) is 0 Å². The van der Waals surface area contributed by atoms with Gasteiger partial charge in [-0.2, -0.15) is 0 Å². The molecule has 0 N–H and O–H groups in total. The molecular weight excluding hydrogens is 443 g/mol. The number of nitrogens with zero attached hydrogens (tertiary/aromatic N) is 2. The van der Waals surface area contributed by atoms with E-state index < -0.39 is 8.32 Å². The Kier molecular flexibility index (Phi) is 9.08. The molecule has 31 heavy (non-hydrogen) atoms. The van der Waals surface area contributed by atoms with Crippen molar-refractivity contribution in [3.8, 4) is 0 Å². The highest BCUT2D eigenvalue weighted by Gasteiger charge is 2.15. The molecule has 6 heteroatoms. The number of rotatable bonds is 8. The van der Waals surface area contributed by atoms with Crippen molar-refractivity contribution in [3.63, 3.8) is 0 Å². The van der Waals surface area contributed by atoms with Gasteiger partial charge in [-0.1, -0.05) is 23.2 Å². The summed E-state index contributed by atoms with van der Waals surface area (Å²) in [6.45, 7) is 17.6. The minimum atomic E-state index is -1.53. The Labute approximate surface area is 198 Å². The monoisotopic (exact) mass is 476 g/mol. The van der Waals surface area contributed by atoms with Gasteiger partial charge in [0.05, 0.1) is 22.8 Å². The summed E-state index contributed by atoms with van der Waals surface area (Å²) in [6.07, 6.45) is 1.70. The predicted octanol–water partition coefficient (Wildman–Crippen LogP) is 8.72. The first-order valence-corrected chi connectivity index (χ1v) is 14.8. The minimum absolute atomic E-state index is 0.733. The Morgan fingerprint density at radius 1 is 0.806 bits per heavy atom. The van der Waals surface area contributed by atoms with Crippen molar-refractivity contribution in [1.29, 1.82) is 0 Å². The van der Waals surface area contributed by atoms with Crippen LogP contribution in [0.5, 0.6) is 0 Å². The quantitative estimate of drug-likeness (QED) is 0.213. The molecule has 0 saturated carbocycles. The Morgan fingerprint density at radius 3 is 1.65 bits per heavy atom. The highest BCUT2D eigenvalue weighted by molar-refractivity contribution is 6.69. The second kappa shape index (κ2) is 10.9. The molecule has 0 amide bonds. The molecule has 3 nitrogen and oxygen atoms in total. The van der Waals surface area contributed by atoms with Gasteiger partial charge in [0.1, 0.15) is 0 Å². The van der Waals surface area contributed by atoms with E-state index in [9.17, 15) is 0 Å². The van der Waals surface area contributed by atoms with E-state index in [0.717, 1.165) is 74.5 Å². The summed E-state index contributed by atoms with van der Waals surface area (Å²) in [6, 6.07) is 7.82. The Balaban J connectivity index is 2.44. The Bertz CT molecular complexity index is 961. The average Bonchev–Trinajstić information content (AvgIpc) is 2.61. The maximum absolute atomic E-state index is 6.23. The largest absolute Gasteiger partial charge is 0.418 e. The highest BCUT2D eigenvalue weighted by atomic mass is 35.5. The van der Waals surface area contributed by atoms with Gasteiger partial charge in [0.2, 0.25) is 0 Å². The molecule has 0 heterocycles. The second-order valence-corrected chi connectivity index (χ2v) is 14.5. The van der Waals surface area contributed by atoms with Crippen LogP contribution < -0.4 is 0 Å². The number of aryl methyl sites for hydroxylation is 4. The maximum Gasteiger partial charge on any atom is 0.183 e. The number of hydrogen-bond acceptors (Lipinski definition) is 3. The van der Waals surface area contributed by atoms with Crippen LogP contribution in [0, 0.1) is 27.7 Å². The van der Waals surface area contributed by atoms with Crippen LogP contribution in [0.15, 0.2) is 34.3 Å². The van der Waals surface area contributed by atoms with Crippen molar-refractivity contribution in [2.24, 2.45) is 9.98 Å². The van der Waals surface area contributed by atoms with Gasteiger partial charge in [-0.05, 0) is 114 Å². The van der Waals surface area contributed by atoms with Crippen LogP contribution in [-0.2, 0) is 4.43 Å². The Hall–Kier alpha value is -1.46. The third kappa shape index (κ3) is 7.87. The molecule has 0 saturated heterocycles. The zero-order chi connectivity index (χ0) is 23.3. The summed E-state index contributed by atoms with van der Waals surface area (Å²) >= 11 is 12.4. The smallest absolute Gasteiger partial charge is 0.183 e. The van der Waals surface area contributed by atoms with Gasteiger partial charge in [-0.3, -0.25) is 9.98 Å². The molecule has 0 radical (unpaired) electrons. The topological polar surface area (TPSA) is 34.0 Å². The lowest BCUT2D eigenvalue weighted by Gasteiger charge is -2.17. The Morgan fingerprint density at radius 2 is 1.23 bits per heavy atom. The second-order valence-electron chi connectivity index (χ2n) is 9.10. The third-order valence-corrected chi connectivity index (χ3v) is 6.46. The van der Waals surface area contributed by atoms with E-state index in [0.29, 0.717) is 0 Å². The van der Waals surface area contributed by atoms with Crippen LogP contribution in [0.1, 0.15) is 42.0 Å². The summed E-state index contributed by atoms with van der Waals surface area (Å²) in [4.78, 5) is 10.0. The minimum Gasteiger partial charge on any atom is -0.418 e. The standard InChI is InChI=1S/C25H34Cl2N2OSi/c1-16-12-21(26)13-17(2)24(16)28-20(5)23(10-9-11-30-31(6,7)8)29-25-18(3)14-22(27)15-19(25)4/h12-15H,9-11H2,1-8H3. The van der Waals surface area contributed by atoms with E-state index in [-0.39, 0.29) is 0 Å². The molecule has 0 aliphatic carbocycles. The molecule has 0 aliphatic heterocycles. The van der Waals surface area contributed by atoms with Crippen molar-refractivity contribution in [2.75, 3.05) is 6.61 Å². The highest BCUT2D eigenvalue weighted by Crippen LogP contribution is 2.30. The van der Waals surface area contributed by atoms with Crippen LogP contribution in [-0.4, -0.2) is 26.3 Å².